The standard InChI is InChI=1S/C22H25N3O/c1-3-25(4-2)16-18-11-9-17(10-12-18)15-24-22(26)20-13-14-23-21-8-6-5-7-19(20)21/h5-14H,3-4,15-16H2,1-2H3,(H,24,26). The number of carbonyl (C=O) groups is 1. The zero-order valence-electron chi connectivity index (χ0n) is 15.4. The average Bonchev–Trinajstić information content (AvgIpc) is 2.70. The van der Waals surface area contributed by atoms with E-state index in [0.717, 1.165) is 36.1 Å². The Morgan fingerprint density at radius 3 is 2.38 bits per heavy atom. The van der Waals surface area contributed by atoms with Crippen molar-refractivity contribution in [3.63, 3.8) is 0 Å². The van der Waals surface area contributed by atoms with E-state index in [1.807, 2.05) is 24.3 Å². The summed E-state index contributed by atoms with van der Waals surface area (Å²) < 4.78 is 0. The topological polar surface area (TPSA) is 45.2 Å². The monoisotopic (exact) mass is 347 g/mol. The summed E-state index contributed by atoms with van der Waals surface area (Å²) in [4.78, 5) is 19.3. The van der Waals surface area contributed by atoms with Gasteiger partial charge in [-0.3, -0.25) is 14.7 Å². The van der Waals surface area contributed by atoms with Crippen molar-refractivity contribution in [1.82, 2.24) is 15.2 Å². The molecule has 2 aromatic carbocycles. The predicted molar refractivity (Wildman–Crippen MR) is 106 cm³/mol. The number of aromatic nitrogens is 1. The Morgan fingerprint density at radius 2 is 1.65 bits per heavy atom. The molecule has 0 saturated heterocycles. The van der Waals surface area contributed by atoms with Crippen LogP contribution in [0.1, 0.15) is 35.3 Å². The summed E-state index contributed by atoms with van der Waals surface area (Å²) in [5.74, 6) is -0.0733. The molecule has 26 heavy (non-hydrogen) atoms. The maximum atomic E-state index is 12.6. The van der Waals surface area contributed by atoms with Crippen LogP contribution in [0.25, 0.3) is 10.9 Å². The molecule has 0 atom stereocenters. The molecule has 4 nitrogen and oxygen atoms in total. The molecule has 134 valence electrons. The van der Waals surface area contributed by atoms with Gasteiger partial charge in [-0.05, 0) is 36.3 Å². The summed E-state index contributed by atoms with van der Waals surface area (Å²) in [6.45, 7) is 7.93. The predicted octanol–water partition coefficient (Wildman–Crippen LogP) is 4.01. The van der Waals surface area contributed by atoms with Crippen LogP contribution in [-0.2, 0) is 13.1 Å². The van der Waals surface area contributed by atoms with Crippen LogP contribution in [0.2, 0.25) is 0 Å². The quantitative estimate of drug-likeness (QED) is 0.702. The Bertz CT molecular complexity index is 865. The lowest BCUT2D eigenvalue weighted by molar-refractivity contribution is 0.0952. The van der Waals surface area contributed by atoms with Crippen LogP contribution < -0.4 is 5.32 Å². The van der Waals surface area contributed by atoms with Gasteiger partial charge in [0.2, 0.25) is 0 Å². The van der Waals surface area contributed by atoms with Crippen LogP contribution in [-0.4, -0.2) is 28.9 Å². The first-order valence-corrected chi connectivity index (χ1v) is 9.13. The van der Waals surface area contributed by atoms with Gasteiger partial charge in [-0.2, -0.15) is 0 Å². The Hall–Kier alpha value is -2.72. The van der Waals surface area contributed by atoms with Gasteiger partial charge in [0.15, 0.2) is 0 Å². The zero-order valence-corrected chi connectivity index (χ0v) is 15.4. The molecule has 1 heterocycles. The molecule has 0 bridgehead atoms. The molecule has 3 aromatic rings. The van der Waals surface area contributed by atoms with E-state index >= 15 is 0 Å². The summed E-state index contributed by atoms with van der Waals surface area (Å²) >= 11 is 0. The van der Waals surface area contributed by atoms with Crippen LogP contribution in [0.5, 0.6) is 0 Å². The fourth-order valence-electron chi connectivity index (χ4n) is 3.04. The van der Waals surface area contributed by atoms with Gasteiger partial charge < -0.3 is 5.32 Å². The highest BCUT2D eigenvalue weighted by Gasteiger charge is 2.10. The second kappa shape index (κ2) is 8.59. The maximum absolute atomic E-state index is 12.6. The lowest BCUT2D eigenvalue weighted by atomic mass is 10.1. The van der Waals surface area contributed by atoms with E-state index in [1.54, 1.807) is 12.3 Å². The molecule has 0 radical (unpaired) electrons. The minimum absolute atomic E-state index is 0.0733. The van der Waals surface area contributed by atoms with E-state index < -0.39 is 0 Å². The van der Waals surface area contributed by atoms with Crippen LogP contribution in [0.4, 0.5) is 0 Å². The summed E-state index contributed by atoms with van der Waals surface area (Å²) in [7, 11) is 0. The minimum Gasteiger partial charge on any atom is -0.348 e. The molecule has 1 aromatic heterocycles. The third-order valence-electron chi connectivity index (χ3n) is 4.67. The fraction of sp³-hybridized carbons (Fsp3) is 0.273. The number of nitrogens with one attached hydrogen (secondary N) is 1. The molecule has 0 aliphatic carbocycles. The summed E-state index contributed by atoms with van der Waals surface area (Å²) in [6, 6.07) is 17.9. The van der Waals surface area contributed by atoms with Gasteiger partial charge in [0.05, 0.1) is 11.1 Å². The molecular weight excluding hydrogens is 322 g/mol. The molecule has 1 N–H and O–H groups in total. The lowest BCUT2D eigenvalue weighted by Crippen LogP contribution is -2.23. The number of hydrogen-bond acceptors (Lipinski definition) is 3. The number of fused-ring (bicyclic) bond motifs is 1. The molecule has 0 aliphatic heterocycles. The first kappa shape index (κ1) is 18.1. The number of carbonyl (C=O) groups excluding carboxylic acids is 1. The maximum Gasteiger partial charge on any atom is 0.252 e. The van der Waals surface area contributed by atoms with E-state index in [2.05, 4.69) is 53.3 Å². The van der Waals surface area contributed by atoms with Crippen molar-refractivity contribution in [2.45, 2.75) is 26.9 Å². The number of pyridine rings is 1. The molecule has 0 saturated carbocycles. The van der Waals surface area contributed by atoms with E-state index in [0.29, 0.717) is 12.1 Å². The highest BCUT2D eigenvalue weighted by molar-refractivity contribution is 6.05. The first-order chi connectivity index (χ1) is 12.7. The Balaban J connectivity index is 1.64. The Labute approximate surface area is 154 Å². The molecule has 0 fully saturated rings. The van der Waals surface area contributed by atoms with Crippen molar-refractivity contribution < 1.29 is 4.79 Å². The van der Waals surface area contributed by atoms with Crippen LogP contribution in [0.3, 0.4) is 0 Å². The van der Waals surface area contributed by atoms with E-state index in [4.69, 9.17) is 0 Å². The van der Waals surface area contributed by atoms with E-state index in [9.17, 15) is 4.79 Å². The zero-order chi connectivity index (χ0) is 18.4. The molecule has 0 aliphatic rings. The highest BCUT2D eigenvalue weighted by Crippen LogP contribution is 2.16. The number of benzene rings is 2. The van der Waals surface area contributed by atoms with Gasteiger partial charge in [0.25, 0.3) is 5.91 Å². The van der Waals surface area contributed by atoms with Crippen molar-refractivity contribution in [2.75, 3.05) is 13.1 Å². The lowest BCUT2D eigenvalue weighted by Gasteiger charge is -2.18. The molecule has 4 heteroatoms. The van der Waals surface area contributed by atoms with Gasteiger partial charge >= 0.3 is 0 Å². The van der Waals surface area contributed by atoms with Gasteiger partial charge in [0.1, 0.15) is 0 Å². The highest BCUT2D eigenvalue weighted by atomic mass is 16.1. The number of para-hydroxylation sites is 1. The van der Waals surface area contributed by atoms with Crippen molar-refractivity contribution in [1.29, 1.82) is 0 Å². The second-order valence-corrected chi connectivity index (χ2v) is 6.34. The van der Waals surface area contributed by atoms with Gasteiger partial charge in [-0.15, -0.1) is 0 Å². The van der Waals surface area contributed by atoms with E-state index in [1.165, 1.54) is 5.56 Å². The van der Waals surface area contributed by atoms with Gasteiger partial charge in [0, 0.05) is 24.7 Å². The second-order valence-electron chi connectivity index (χ2n) is 6.34. The number of hydrogen-bond donors (Lipinski definition) is 1. The van der Waals surface area contributed by atoms with Crippen LogP contribution in [0.15, 0.2) is 60.8 Å². The number of nitrogens with zero attached hydrogens (tertiary/aromatic N) is 2. The summed E-state index contributed by atoms with van der Waals surface area (Å²) in [5, 5.41) is 3.89. The smallest absolute Gasteiger partial charge is 0.252 e. The largest absolute Gasteiger partial charge is 0.348 e. The Morgan fingerprint density at radius 1 is 0.962 bits per heavy atom. The molecule has 3 rings (SSSR count). The van der Waals surface area contributed by atoms with Crippen molar-refractivity contribution in [2.24, 2.45) is 0 Å². The molecule has 1 amide bonds. The summed E-state index contributed by atoms with van der Waals surface area (Å²) in [6.07, 6.45) is 1.68. The van der Waals surface area contributed by atoms with E-state index in [-0.39, 0.29) is 5.91 Å². The van der Waals surface area contributed by atoms with Crippen molar-refractivity contribution in [3.05, 3.63) is 77.5 Å². The van der Waals surface area contributed by atoms with Crippen molar-refractivity contribution in [3.8, 4) is 0 Å². The van der Waals surface area contributed by atoms with Crippen LogP contribution in [0, 0.1) is 0 Å². The van der Waals surface area contributed by atoms with Gasteiger partial charge in [-0.25, -0.2) is 0 Å². The fourth-order valence-corrected chi connectivity index (χ4v) is 3.04. The summed E-state index contributed by atoms with van der Waals surface area (Å²) in [5.41, 5.74) is 3.89. The first-order valence-electron chi connectivity index (χ1n) is 9.13. The van der Waals surface area contributed by atoms with Gasteiger partial charge in [-0.1, -0.05) is 56.3 Å². The molecule has 0 spiro atoms. The normalized spacial score (nSPS) is 11.0. The minimum atomic E-state index is -0.0733. The average molecular weight is 347 g/mol. The third kappa shape index (κ3) is 4.27. The number of rotatable bonds is 7. The van der Waals surface area contributed by atoms with Crippen molar-refractivity contribution >= 4 is 16.8 Å². The molecule has 0 unspecified atom stereocenters. The molecular formula is C22H25N3O. The number of amides is 1. The SMILES string of the molecule is CCN(CC)Cc1ccc(CNC(=O)c2ccnc3ccccc23)cc1. The Kier molecular flexibility index (Phi) is 5.97. The van der Waals surface area contributed by atoms with Crippen LogP contribution >= 0.6 is 0 Å². The third-order valence-corrected chi connectivity index (χ3v) is 4.67.